The Morgan fingerprint density at radius 1 is 0.629 bits per heavy atom. The van der Waals surface area contributed by atoms with Gasteiger partial charge in [0.1, 0.15) is 0 Å². The van der Waals surface area contributed by atoms with Crippen molar-refractivity contribution in [2.45, 2.75) is 9.79 Å². The lowest BCUT2D eigenvalue weighted by atomic mass is 9.93. The Morgan fingerprint density at radius 2 is 1.26 bits per heavy atom. The zero-order valence-electron chi connectivity index (χ0n) is 18.1. The number of ketones is 1. The average molecular weight is 503 g/mol. The summed E-state index contributed by atoms with van der Waals surface area (Å²) in [4.78, 5) is 13.0. The first-order valence-electron chi connectivity index (χ1n) is 10.5. The largest absolute Gasteiger partial charge is 0.287 e. The molecule has 0 atom stereocenters. The number of benzene rings is 4. The Labute approximate surface area is 202 Å². The summed E-state index contributed by atoms with van der Waals surface area (Å²) in [7, 11) is -8.26. The van der Waals surface area contributed by atoms with E-state index >= 15 is 0 Å². The molecule has 1 aliphatic rings. The summed E-state index contributed by atoms with van der Waals surface area (Å²) in [6, 6.07) is 25.9. The Morgan fingerprint density at radius 3 is 2.00 bits per heavy atom. The van der Waals surface area contributed by atoms with E-state index in [0.717, 1.165) is 16.8 Å². The fraction of sp³-hybridized carbons (Fsp3) is 0. The third-order valence-electron chi connectivity index (χ3n) is 5.51. The summed E-state index contributed by atoms with van der Waals surface area (Å²) >= 11 is 0. The van der Waals surface area contributed by atoms with Crippen molar-refractivity contribution in [3.8, 4) is 0 Å². The van der Waals surface area contributed by atoms with Crippen LogP contribution in [0.2, 0.25) is 0 Å². The third-order valence-corrected chi connectivity index (χ3v) is 8.18. The molecule has 1 N–H and O–H groups in total. The number of carbonyl (C=O) groups excluding carboxylic acids is 1. The van der Waals surface area contributed by atoms with Crippen molar-refractivity contribution in [3.63, 3.8) is 0 Å². The van der Waals surface area contributed by atoms with Crippen LogP contribution in [0.5, 0.6) is 0 Å². The van der Waals surface area contributed by atoms with Crippen molar-refractivity contribution in [2.75, 3.05) is 0 Å². The molecule has 174 valence electrons. The monoisotopic (exact) mass is 502 g/mol. The average Bonchev–Trinajstić information content (AvgIpc) is 2.87. The molecule has 7 nitrogen and oxygen atoms in total. The highest BCUT2D eigenvalue weighted by Crippen LogP contribution is 2.25. The van der Waals surface area contributed by atoms with Crippen LogP contribution in [0, 0.1) is 0 Å². The zero-order chi connectivity index (χ0) is 24.6. The molecule has 0 bridgehead atoms. The van der Waals surface area contributed by atoms with Gasteiger partial charge in [-0.1, -0.05) is 72.8 Å². The molecule has 4 aromatic carbocycles. The topological polar surface area (TPSA) is 110 Å². The molecule has 4 aromatic rings. The first kappa shape index (κ1) is 22.7. The fourth-order valence-electron chi connectivity index (χ4n) is 3.79. The highest BCUT2D eigenvalue weighted by atomic mass is 32.2. The van der Waals surface area contributed by atoms with Crippen LogP contribution in [-0.4, -0.2) is 28.3 Å². The highest BCUT2D eigenvalue weighted by molar-refractivity contribution is 7.90. The highest BCUT2D eigenvalue weighted by Gasteiger charge is 2.29. The van der Waals surface area contributed by atoms with E-state index < -0.39 is 25.8 Å². The number of sulfonamides is 2. The fourth-order valence-corrected chi connectivity index (χ4v) is 5.90. The lowest BCUT2D eigenvalue weighted by molar-refractivity contribution is 0.102. The van der Waals surface area contributed by atoms with E-state index in [0.29, 0.717) is 5.56 Å². The predicted molar refractivity (Wildman–Crippen MR) is 133 cm³/mol. The van der Waals surface area contributed by atoms with E-state index in [4.69, 9.17) is 0 Å². The van der Waals surface area contributed by atoms with Gasteiger partial charge in [-0.3, -0.25) is 9.52 Å². The number of Topliss-reactive ketones (excluding diaryl/α,β-unsaturated/α-hetero) is 1. The van der Waals surface area contributed by atoms with Gasteiger partial charge in [0.05, 0.1) is 21.2 Å². The van der Waals surface area contributed by atoms with Crippen molar-refractivity contribution in [3.05, 3.63) is 120 Å². The number of rotatable bonds is 5. The molecule has 0 heterocycles. The van der Waals surface area contributed by atoms with Crippen LogP contribution in [-0.2, 0) is 20.0 Å². The molecule has 0 aromatic heterocycles. The minimum atomic E-state index is -4.18. The number of fused-ring (bicyclic) bond motifs is 2. The van der Waals surface area contributed by atoms with Gasteiger partial charge in [-0.25, -0.2) is 8.42 Å². The molecule has 1 aliphatic carbocycles. The van der Waals surface area contributed by atoms with Crippen LogP contribution < -0.4 is 4.72 Å². The Balaban J connectivity index is 1.61. The smallest absolute Gasteiger partial charge is 0.282 e. The second-order valence-electron chi connectivity index (χ2n) is 7.81. The molecule has 0 spiro atoms. The van der Waals surface area contributed by atoms with Crippen molar-refractivity contribution < 1.29 is 21.6 Å². The van der Waals surface area contributed by atoms with Gasteiger partial charge in [0.15, 0.2) is 0 Å². The third kappa shape index (κ3) is 4.39. The maximum atomic E-state index is 13.2. The molecule has 35 heavy (non-hydrogen) atoms. The molecular formula is C26H18N2O5S2. The zero-order valence-corrected chi connectivity index (χ0v) is 19.8. The quantitative estimate of drug-likeness (QED) is 0.442. The normalized spacial score (nSPS) is 15.0. The van der Waals surface area contributed by atoms with Crippen LogP contribution in [0.15, 0.2) is 123 Å². The van der Waals surface area contributed by atoms with E-state index in [1.165, 1.54) is 30.3 Å². The van der Waals surface area contributed by atoms with Crippen LogP contribution in [0.3, 0.4) is 0 Å². The van der Waals surface area contributed by atoms with Gasteiger partial charge < -0.3 is 0 Å². The lowest BCUT2D eigenvalue weighted by Crippen LogP contribution is -2.31. The molecule has 5 rings (SSSR count). The second-order valence-corrected chi connectivity index (χ2v) is 11.1. The predicted octanol–water partition coefficient (Wildman–Crippen LogP) is 4.08. The minimum Gasteiger partial charge on any atom is -0.287 e. The summed E-state index contributed by atoms with van der Waals surface area (Å²) in [5, 5.41) is 1.62. The van der Waals surface area contributed by atoms with E-state index in [1.807, 2.05) is 18.2 Å². The summed E-state index contributed by atoms with van der Waals surface area (Å²) in [5.41, 5.74) is 0.108. The number of hydrogen-bond donors (Lipinski definition) is 1. The van der Waals surface area contributed by atoms with Crippen molar-refractivity contribution in [1.82, 2.24) is 4.72 Å². The first-order chi connectivity index (χ1) is 16.7. The van der Waals surface area contributed by atoms with E-state index in [1.54, 1.807) is 48.5 Å². The first-order valence-corrected chi connectivity index (χ1v) is 13.4. The van der Waals surface area contributed by atoms with Gasteiger partial charge in [0, 0.05) is 11.1 Å². The SMILES string of the molecule is O=C1C(NS(=O)(=O)c2ccccc2)=C/C(=N/S(=O)(=O)c2ccc3ccccc3c2)c2ccccc21. The van der Waals surface area contributed by atoms with Gasteiger partial charge in [-0.05, 0) is 41.1 Å². The standard InChI is InChI=1S/C26H18N2O5S2/c29-26-23-13-7-6-12-22(23)24(17-25(26)28-34(30,31)20-10-2-1-3-11-20)27-35(32,33)21-15-14-18-8-4-5-9-19(18)16-21/h1-17,28H/b27-24-. The van der Waals surface area contributed by atoms with Gasteiger partial charge >= 0.3 is 0 Å². The van der Waals surface area contributed by atoms with Crippen molar-refractivity contribution in [1.29, 1.82) is 0 Å². The number of nitrogens with one attached hydrogen (secondary N) is 1. The van der Waals surface area contributed by atoms with Crippen LogP contribution in [0.1, 0.15) is 15.9 Å². The second kappa shape index (κ2) is 8.61. The van der Waals surface area contributed by atoms with E-state index in [-0.39, 0.29) is 26.8 Å². The molecular weight excluding hydrogens is 484 g/mol. The Kier molecular flexibility index (Phi) is 5.58. The maximum absolute atomic E-state index is 13.2. The summed E-state index contributed by atoms with van der Waals surface area (Å²) < 4.78 is 58.4. The van der Waals surface area contributed by atoms with Gasteiger partial charge in [-0.15, -0.1) is 0 Å². The molecule has 0 saturated carbocycles. The Bertz CT molecular complexity index is 1760. The van der Waals surface area contributed by atoms with Crippen LogP contribution in [0.4, 0.5) is 0 Å². The van der Waals surface area contributed by atoms with Crippen molar-refractivity contribution >= 4 is 42.3 Å². The van der Waals surface area contributed by atoms with Gasteiger partial charge in [0.25, 0.3) is 20.0 Å². The van der Waals surface area contributed by atoms with E-state index in [2.05, 4.69) is 9.12 Å². The van der Waals surface area contributed by atoms with Gasteiger partial charge in [0.2, 0.25) is 5.78 Å². The molecule has 9 heteroatoms. The molecule has 0 fully saturated rings. The van der Waals surface area contributed by atoms with Crippen molar-refractivity contribution in [2.24, 2.45) is 4.40 Å². The summed E-state index contributed by atoms with van der Waals surface area (Å²) in [6.45, 7) is 0. The van der Waals surface area contributed by atoms with Crippen LogP contribution in [0.25, 0.3) is 10.8 Å². The molecule has 0 amide bonds. The molecule has 0 saturated heterocycles. The van der Waals surface area contributed by atoms with Crippen LogP contribution >= 0.6 is 0 Å². The summed E-state index contributed by atoms with van der Waals surface area (Å²) in [5.74, 6) is -0.581. The number of hydrogen-bond acceptors (Lipinski definition) is 5. The molecule has 0 unspecified atom stereocenters. The Hall–Kier alpha value is -4.08. The van der Waals surface area contributed by atoms with Gasteiger partial charge in [-0.2, -0.15) is 12.8 Å². The molecule has 0 aliphatic heterocycles. The number of allylic oxidation sites excluding steroid dienone is 2. The summed E-state index contributed by atoms with van der Waals surface area (Å²) in [6.07, 6.45) is 1.16. The number of nitrogens with zero attached hydrogens (tertiary/aromatic N) is 1. The number of carbonyl (C=O) groups is 1. The molecule has 0 radical (unpaired) electrons. The minimum absolute atomic E-state index is 0.0158. The maximum Gasteiger partial charge on any atom is 0.282 e. The lowest BCUT2D eigenvalue weighted by Gasteiger charge is -2.18. The van der Waals surface area contributed by atoms with E-state index in [9.17, 15) is 21.6 Å².